The molecular weight excluding hydrogens is 243 g/mol. The summed E-state index contributed by atoms with van der Waals surface area (Å²) in [5, 5.41) is 0. The minimum Gasteiger partial charge on any atom is -0.335 e. The van der Waals surface area contributed by atoms with Gasteiger partial charge in [0.05, 0.1) is 6.04 Å². The van der Waals surface area contributed by atoms with Crippen molar-refractivity contribution in [3.05, 3.63) is 65.7 Å². The molecule has 0 spiro atoms. The van der Waals surface area contributed by atoms with Gasteiger partial charge in [-0.3, -0.25) is 4.79 Å². The summed E-state index contributed by atoms with van der Waals surface area (Å²) in [7, 11) is 1.71. The molecule has 0 saturated heterocycles. The zero-order valence-electron chi connectivity index (χ0n) is 10.9. The van der Waals surface area contributed by atoms with E-state index >= 15 is 0 Å². The summed E-state index contributed by atoms with van der Waals surface area (Å²) in [4.78, 5) is 17.3. The van der Waals surface area contributed by atoms with Crippen LogP contribution in [0.5, 0.6) is 0 Å². The standard InChI is InChI=1S/C15H15FN2O/c1-11(12-6-4-3-5-7-12)18(2)15(19)13-8-9-17-14(16)10-13/h3-11H,1-2H3. The summed E-state index contributed by atoms with van der Waals surface area (Å²) in [6.45, 7) is 1.94. The average Bonchev–Trinajstić information content (AvgIpc) is 2.46. The number of rotatable bonds is 3. The van der Waals surface area contributed by atoms with Crippen LogP contribution in [0.25, 0.3) is 0 Å². The van der Waals surface area contributed by atoms with Crippen LogP contribution in [0, 0.1) is 5.95 Å². The van der Waals surface area contributed by atoms with Gasteiger partial charge in [-0.2, -0.15) is 4.39 Å². The monoisotopic (exact) mass is 258 g/mol. The third kappa shape index (κ3) is 2.96. The summed E-state index contributed by atoms with van der Waals surface area (Å²) in [5.74, 6) is -0.871. The molecule has 3 nitrogen and oxygen atoms in total. The van der Waals surface area contributed by atoms with Crippen molar-refractivity contribution in [2.45, 2.75) is 13.0 Å². The zero-order chi connectivity index (χ0) is 13.8. The minimum atomic E-state index is -0.647. The lowest BCUT2D eigenvalue weighted by Crippen LogP contribution is -2.29. The van der Waals surface area contributed by atoms with Crippen molar-refractivity contribution >= 4 is 5.91 Å². The Bertz CT molecular complexity index is 571. The second-order valence-electron chi connectivity index (χ2n) is 4.37. The molecule has 1 amide bonds. The highest BCUT2D eigenvalue weighted by Crippen LogP contribution is 2.20. The van der Waals surface area contributed by atoms with Crippen molar-refractivity contribution < 1.29 is 9.18 Å². The van der Waals surface area contributed by atoms with Crippen LogP contribution in [0.4, 0.5) is 4.39 Å². The van der Waals surface area contributed by atoms with E-state index in [0.29, 0.717) is 5.56 Å². The molecule has 1 heterocycles. The van der Waals surface area contributed by atoms with Crippen molar-refractivity contribution in [2.75, 3.05) is 7.05 Å². The van der Waals surface area contributed by atoms with Gasteiger partial charge in [-0.1, -0.05) is 30.3 Å². The van der Waals surface area contributed by atoms with Gasteiger partial charge in [0.25, 0.3) is 5.91 Å². The van der Waals surface area contributed by atoms with Crippen LogP contribution >= 0.6 is 0 Å². The highest BCUT2D eigenvalue weighted by atomic mass is 19.1. The summed E-state index contributed by atoms with van der Waals surface area (Å²) in [5.41, 5.74) is 1.34. The largest absolute Gasteiger partial charge is 0.335 e. The lowest BCUT2D eigenvalue weighted by atomic mass is 10.1. The Balaban J connectivity index is 2.20. The number of amides is 1. The second kappa shape index (κ2) is 5.61. The molecule has 98 valence electrons. The highest BCUT2D eigenvalue weighted by Gasteiger charge is 2.19. The Morgan fingerprint density at radius 1 is 1.26 bits per heavy atom. The number of halogens is 1. The number of benzene rings is 1. The third-order valence-corrected chi connectivity index (χ3v) is 3.16. The molecule has 0 fully saturated rings. The Morgan fingerprint density at radius 3 is 2.58 bits per heavy atom. The van der Waals surface area contributed by atoms with Gasteiger partial charge < -0.3 is 4.90 Å². The second-order valence-corrected chi connectivity index (χ2v) is 4.37. The fraction of sp³-hybridized carbons (Fsp3) is 0.200. The van der Waals surface area contributed by atoms with E-state index in [4.69, 9.17) is 0 Å². The molecule has 0 N–H and O–H groups in total. The summed E-state index contributed by atoms with van der Waals surface area (Å²) >= 11 is 0. The van der Waals surface area contributed by atoms with E-state index in [0.717, 1.165) is 11.6 Å². The molecule has 0 bridgehead atoms. The normalized spacial score (nSPS) is 11.9. The number of hydrogen-bond acceptors (Lipinski definition) is 2. The first-order chi connectivity index (χ1) is 9.09. The predicted molar refractivity (Wildman–Crippen MR) is 71.1 cm³/mol. The number of carbonyl (C=O) groups is 1. The number of aromatic nitrogens is 1. The van der Waals surface area contributed by atoms with E-state index < -0.39 is 5.95 Å². The van der Waals surface area contributed by atoms with Crippen molar-refractivity contribution in [1.82, 2.24) is 9.88 Å². The summed E-state index contributed by atoms with van der Waals surface area (Å²) < 4.78 is 13.0. The van der Waals surface area contributed by atoms with E-state index in [2.05, 4.69) is 4.98 Å². The van der Waals surface area contributed by atoms with Gasteiger partial charge in [0.1, 0.15) is 0 Å². The summed E-state index contributed by atoms with van der Waals surface area (Å²) in [6, 6.07) is 12.3. The molecule has 2 rings (SSSR count). The van der Waals surface area contributed by atoms with Crippen LogP contribution in [-0.4, -0.2) is 22.8 Å². The first-order valence-corrected chi connectivity index (χ1v) is 6.03. The molecule has 1 aromatic heterocycles. The third-order valence-electron chi connectivity index (χ3n) is 3.16. The molecule has 1 atom stereocenters. The quantitative estimate of drug-likeness (QED) is 0.793. The van der Waals surface area contributed by atoms with E-state index in [9.17, 15) is 9.18 Å². The maximum atomic E-state index is 13.0. The Hall–Kier alpha value is -2.23. The van der Waals surface area contributed by atoms with E-state index in [1.165, 1.54) is 12.3 Å². The molecule has 19 heavy (non-hydrogen) atoms. The van der Waals surface area contributed by atoms with Crippen LogP contribution in [-0.2, 0) is 0 Å². The van der Waals surface area contributed by atoms with Gasteiger partial charge in [0.2, 0.25) is 5.95 Å². The van der Waals surface area contributed by atoms with Crippen LogP contribution in [0.15, 0.2) is 48.7 Å². The molecule has 1 unspecified atom stereocenters. The van der Waals surface area contributed by atoms with Gasteiger partial charge >= 0.3 is 0 Å². The average molecular weight is 258 g/mol. The van der Waals surface area contributed by atoms with Crippen LogP contribution in [0.2, 0.25) is 0 Å². The number of hydrogen-bond donors (Lipinski definition) is 0. The Morgan fingerprint density at radius 2 is 1.95 bits per heavy atom. The van der Waals surface area contributed by atoms with Gasteiger partial charge in [0.15, 0.2) is 0 Å². The lowest BCUT2D eigenvalue weighted by molar-refractivity contribution is 0.0742. The van der Waals surface area contributed by atoms with Crippen LogP contribution in [0.3, 0.4) is 0 Å². The van der Waals surface area contributed by atoms with Gasteiger partial charge in [0, 0.05) is 24.9 Å². The van der Waals surface area contributed by atoms with Gasteiger partial charge in [-0.05, 0) is 18.6 Å². The zero-order valence-corrected chi connectivity index (χ0v) is 10.9. The molecule has 0 aliphatic rings. The maximum Gasteiger partial charge on any atom is 0.254 e. The van der Waals surface area contributed by atoms with Crippen molar-refractivity contribution in [1.29, 1.82) is 0 Å². The first kappa shape index (κ1) is 13.2. The van der Waals surface area contributed by atoms with Crippen LogP contribution in [0.1, 0.15) is 28.9 Å². The number of nitrogens with zero attached hydrogens (tertiary/aromatic N) is 2. The molecule has 0 aliphatic carbocycles. The molecule has 1 aromatic carbocycles. The van der Waals surface area contributed by atoms with Crippen LogP contribution < -0.4 is 0 Å². The SMILES string of the molecule is CC(c1ccccc1)N(C)C(=O)c1ccnc(F)c1. The Kier molecular flexibility index (Phi) is 3.90. The number of carbonyl (C=O) groups excluding carboxylic acids is 1. The van der Waals surface area contributed by atoms with Gasteiger partial charge in [-0.25, -0.2) is 4.98 Å². The molecular formula is C15H15FN2O. The predicted octanol–water partition coefficient (Wildman–Crippen LogP) is 3.05. The van der Waals surface area contributed by atoms with Crippen molar-refractivity contribution in [2.24, 2.45) is 0 Å². The highest BCUT2D eigenvalue weighted by molar-refractivity contribution is 5.94. The van der Waals surface area contributed by atoms with E-state index in [-0.39, 0.29) is 11.9 Å². The molecule has 0 radical (unpaired) electrons. The maximum absolute atomic E-state index is 13.0. The molecule has 0 saturated carbocycles. The fourth-order valence-corrected chi connectivity index (χ4v) is 1.87. The van der Waals surface area contributed by atoms with E-state index in [1.807, 2.05) is 37.3 Å². The fourth-order valence-electron chi connectivity index (χ4n) is 1.87. The summed E-state index contributed by atoms with van der Waals surface area (Å²) in [6.07, 6.45) is 1.30. The first-order valence-electron chi connectivity index (χ1n) is 6.03. The molecule has 2 aromatic rings. The van der Waals surface area contributed by atoms with Gasteiger partial charge in [-0.15, -0.1) is 0 Å². The molecule has 4 heteroatoms. The smallest absolute Gasteiger partial charge is 0.254 e. The Labute approximate surface area is 111 Å². The number of pyridine rings is 1. The van der Waals surface area contributed by atoms with Crippen molar-refractivity contribution in [3.8, 4) is 0 Å². The molecule has 0 aliphatic heterocycles. The topological polar surface area (TPSA) is 33.2 Å². The van der Waals surface area contributed by atoms with Crippen molar-refractivity contribution in [3.63, 3.8) is 0 Å². The van der Waals surface area contributed by atoms with E-state index in [1.54, 1.807) is 11.9 Å². The minimum absolute atomic E-state index is 0.0788. The lowest BCUT2D eigenvalue weighted by Gasteiger charge is -2.25.